The Hall–Kier alpha value is -1.66. The number of esters is 1. The Bertz CT molecular complexity index is 745. The topological polar surface area (TPSA) is 69.7 Å². The first-order valence-electron chi connectivity index (χ1n) is 7.11. The molecular weight excluding hydrogens is 304 g/mol. The number of aryl methyl sites for hydroxylation is 1. The SMILES string of the molecule is CO[C@H]1OC(=O)[C@@H]2CC(S(=O)(=O)c3ccc(C)cc3)=C(C)[C@H]12. The molecule has 118 valence electrons. The van der Waals surface area contributed by atoms with Crippen LogP contribution in [-0.4, -0.2) is 27.8 Å². The Morgan fingerprint density at radius 2 is 1.82 bits per heavy atom. The van der Waals surface area contributed by atoms with Crippen molar-refractivity contribution in [2.45, 2.75) is 31.5 Å². The summed E-state index contributed by atoms with van der Waals surface area (Å²) < 4.78 is 36.0. The minimum Gasteiger partial charge on any atom is -0.435 e. The summed E-state index contributed by atoms with van der Waals surface area (Å²) in [7, 11) is -2.13. The van der Waals surface area contributed by atoms with E-state index >= 15 is 0 Å². The lowest BCUT2D eigenvalue weighted by Gasteiger charge is -2.16. The van der Waals surface area contributed by atoms with Gasteiger partial charge in [0, 0.05) is 12.0 Å². The molecule has 1 saturated heterocycles. The van der Waals surface area contributed by atoms with E-state index in [2.05, 4.69) is 0 Å². The Labute approximate surface area is 129 Å². The maximum Gasteiger partial charge on any atom is 0.312 e. The Morgan fingerprint density at radius 1 is 1.18 bits per heavy atom. The van der Waals surface area contributed by atoms with Crippen molar-refractivity contribution in [1.82, 2.24) is 0 Å². The molecular formula is C16H18O5S. The van der Waals surface area contributed by atoms with Gasteiger partial charge in [-0.05, 0) is 38.0 Å². The number of fused-ring (bicyclic) bond motifs is 1. The van der Waals surface area contributed by atoms with E-state index < -0.39 is 22.0 Å². The third kappa shape index (κ3) is 2.18. The fourth-order valence-corrected chi connectivity index (χ4v) is 4.99. The molecule has 0 unspecified atom stereocenters. The van der Waals surface area contributed by atoms with Gasteiger partial charge in [-0.3, -0.25) is 4.79 Å². The number of carbonyl (C=O) groups excluding carboxylic acids is 1. The number of hydrogen-bond acceptors (Lipinski definition) is 5. The molecule has 0 radical (unpaired) electrons. The van der Waals surface area contributed by atoms with E-state index in [-0.39, 0.29) is 23.2 Å². The Morgan fingerprint density at radius 3 is 2.41 bits per heavy atom. The number of ether oxygens (including phenoxy) is 2. The molecule has 3 atom stereocenters. The highest BCUT2D eigenvalue weighted by atomic mass is 32.2. The van der Waals surface area contributed by atoms with Gasteiger partial charge in [-0.15, -0.1) is 0 Å². The van der Waals surface area contributed by atoms with Crippen LogP contribution in [0.15, 0.2) is 39.6 Å². The zero-order valence-corrected chi connectivity index (χ0v) is 13.5. The number of sulfone groups is 1. The van der Waals surface area contributed by atoms with Crippen LogP contribution in [0.1, 0.15) is 18.9 Å². The van der Waals surface area contributed by atoms with Crippen LogP contribution in [0, 0.1) is 18.8 Å². The van der Waals surface area contributed by atoms with Crippen LogP contribution in [0.2, 0.25) is 0 Å². The minimum absolute atomic E-state index is 0.186. The monoisotopic (exact) mass is 322 g/mol. The molecule has 0 aromatic heterocycles. The third-order valence-corrected chi connectivity index (χ3v) is 6.53. The van der Waals surface area contributed by atoms with Crippen LogP contribution in [0.5, 0.6) is 0 Å². The van der Waals surface area contributed by atoms with Crippen LogP contribution in [0.25, 0.3) is 0 Å². The zero-order chi connectivity index (χ0) is 16.1. The highest BCUT2D eigenvalue weighted by Crippen LogP contribution is 2.48. The highest BCUT2D eigenvalue weighted by Gasteiger charge is 2.52. The molecule has 0 spiro atoms. The maximum atomic E-state index is 12.8. The molecule has 6 heteroatoms. The standard InChI is InChI=1S/C16H18O5S/c1-9-4-6-11(7-5-9)22(18,19)13-8-12-14(10(13)2)16(20-3)21-15(12)17/h4-7,12,14,16H,8H2,1-3H3/t12-,14+,16+/m1/s1. The zero-order valence-electron chi connectivity index (χ0n) is 12.7. The van der Waals surface area contributed by atoms with E-state index in [1.165, 1.54) is 7.11 Å². The van der Waals surface area contributed by atoms with Crippen molar-refractivity contribution in [3.63, 3.8) is 0 Å². The molecule has 5 nitrogen and oxygen atoms in total. The summed E-state index contributed by atoms with van der Waals surface area (Å²) >= 11 is 0. The van der Waals surface area contributed by atoms with Crippen molar-refractivity contribution in [3.8, 4) is 0 Å². The second-order valence-corrected chi connectivity index (χ2v) is 7.77. The molecule has 1 aromatic rings. The predicted molar refractivity (Wildman–Crippen MR) is 79.6 cm³/mol. The average Bonchev–Trinajstić information content (AvgIpc) is 2.98. The summed E-state index contributed by atoms with van der Waals surface area (Å²) in [5, 5.41) is 0. The van der Waals surface area contributed by atoms with Gasteiger partial charge in [0.2, 0.25) is 16.1 Å². The highest BCUT2D eigenvalue weighted by molar-refractivity contribution is 7.95. The molecule has 0 saturated carbocycles. The number of rotatable bonds is 3. The predicted octanol–water partition coefficient (Wildman–Crippen LogP) is 2.21. The molecule has 1 aliphatic carbocycles. The summed E-state index contributed by atoms with van der Waals surface area (Å²) in [4.78, 5) is 12.5. The van der Waals surface area contributed by atoms with Gasteiger partial charge in [-0.2, -0.15) is 0 Å². The van der Waals surface area contributed by atoms with E-state index in [1.54, 1.807) is 31.2 Å². The molecule has 2 aliphatic rings. The maximum absolute atomic E-state index is 12.8. The minimum atomic E-state index is -3.59. The van der Waals surface area contributed by atoms with Gasteiger partial charge in [-0.1, -0.05) is 17.7 Å². The van der Waals surface area contributed by atoms with E-state index in [0.717, 1.165) is 5.56 Å². The number of benzene rings is 1. The fraction of sp³-hybridized carbons (Fsp3) is 0.438. The van der Waals surface area contributed by atoms with Crippen molar-refractivity contribution < 1.29 is 22.7 Å². The normalized spacial score (nSPS) is 28.0. The number of cyclic esters (lactones) is 1. The van der Waals surface area contributed by atoms with Gasteiger partial charge in [0.25, 0.3) is 0 Å². The third-order valence-electron chi connectivity index (χ3n) is 4.49. The first kappa shape index (κ1) is 15.2. The van der Waals surface area contributed by atoms with Crippen molar-refractivity contribution in [3.05, 3.63) is 40.3 Å². The van der Waals surface area contributed by atoms with Gasteiger partial charge >= 0.3 is 5.97 Å². The summed E-state index contributed by atoms with van der Waals surface area (Å²) in [5.41, 5.74) is 1.67. The van der Waals surface area contributed by atoms with Crippen molar-refractivity contribution in [1.29, 1.82) is 0 Å². The largest absolute Gasteiger partial charge is 0.435 e. The molecule has 0 bridgehead atoms. The van der Waals surface area contributed by atoms with E-state index in [9.17, 15) is 13.2 Å². The van der Waals surface area contributed by atoms with Gasteiger partial charge in [0.15, 0.2) is 0 Å². The molecule has 1 heterocycles. The molecule has 1 aromatic carbocycles. The summed E-state index contributed by atoms with van der Waals surface area (Å²) in [6, 6.07) is 6.74. The van der Waals surface area contributed by atoms with E-state index in [1.807, 2.05) is 6.92 Å². The van der Waals surface area contributed by atoms with Gasteiger partial charge < -0.3 is 9.47 Å². The van der Waals surface area contributed by atoms with Gasteiger partial charge in [0.05, 0.1) is 16.7 Å². The lowest BCUT2D eigenvalue weighted by molar-refractivity contribution is -0.161. The van der Waals surface area contributed by atoms with Crippen molar-refractivity contribution in [2.24, 2.45) is 11.8 Å². The van der Waals surface area contributed by atoms with Crippen LogP contribution in [-0.2, 0) is 24.1 Å². The van der Waals surface area contributed by atoms with Crippen LogP contribution in [0.3, 0.4) is 0 Å². The Kier molecular flexibility index (Phi) is 3.61. The first-order chi connectivity index (χ1) is 10.4. The number of hydrogen-bond donors (Lipinski definition) is 0. The molecule has 1 aliphatic heterocycles. The van der Waals surface area contributed by atoms with Crippen molar-refractivity contribution >= 4 is 15.8 Å². The molecule has 3 rings (SSSR count). The lowest BCUT2D eigenvalue weighted by Crippen LogP contribution is -2.20. The fourth-order valence-electron chi connectivity index (χ4n) is 3.25. The number of methoxy groups -OCH3 is 1. The van der Waals surface area contributed by atoms with Crippen LogP contribution >= 0.6 is 0 Å². The first-order valence-corrected chi connectivity index (χ1v) is 8.59. The van der Waals surface area contributed by atoms with Gasteiger partial charge in [0.1, 0.15) is 0 Å². The smallest absolute Gasteiger partial charge is 0.312 e. The molecule has 0 amide bonds. The van der Waals surface area contributed by atoms with E-state index in [4.69, 9.17) is 9.47 Å². The summed E-state index contributed by atoms with van der Waals surface area (Å²) in [6.07, 6.45) is -0.506. The number of allylic oxidation sites excluding steroid dienone is 1. The molecule has 22 heavy (non-hydrogen) atoms. The summed E-state index contributed by atoms with van der Waals surface area (Å²) in [6.45, 7) is 3.65. The average molecular weight is 322 g/mol. The van der Waals surface area contributed by atoms with Crippen LogP contribution < -0.4 is 0 Å². The quantitative estimate of drug-likeness (QED) is 0.798. The van der Waals surface area contributed by atoms with Gasteiger partial charge in [-0.25, -0.2) is 8.42 Å². The molecule has 0 N–H and O–H groups in total. The summed E-state index contributed by atoms with van der Waals surface area (Å²) in [5.74, 6) is -1.15. The van der Waals surface area contributed by atoms with E-state index in [0.29, 0.717) is 10.5 Å². The lowest BCUT2D eigenvalue weighted by atomic mass is 9.94. The molecule has 1 fully saturated rings. The second-order valence-electron chi connectivity index (χ2n) is 5.80. The second kappa shape index (κ2) is 5.21. The van der Waals surface area contributed by atoms with Crippen molar-refractivity contribution in [2.75, 3.05) is 7.11 Å². The van der Waals surface area contributed by atoms with Crippen LogP contribution in [0.4, 0.5) is 0 Å². The number of carbonyl (C=O) groups is 1. The Balaban J connectivity index is 2.03.